The average molecular weight is 348 g/mol. The maximum Gasteiger partial charge on any atom is 0.258 e. The van der Waals surface area contributed by atoms with E-state index in [2.05, 4.69) is 36.3 Å². The fraction of sp³-hybridized carbons (Fsp3) is 0.0769. The largest absolute Gasteiger partial charge is 0.480 e. The van der Waals surface area contributed by atoms with Crippen LogP contribution in [-0.4, -0.2) is 27.4 Å². The van der Waals surface area contributed by atoms with Gasteiger partial charge in [0.15, 0.2) is 0 Å². The fourth-order valence-corrected chi connectivity index (χ4v) is 2.24. The number of hydrogen-bond donors (Lipinski definition) is 1. The van der Waals surface area contributed by atoms with Gasteiger partial charge in [0.1, 0.15) is 5.69 Å². The highest BCUT2D eigenvalue weighted by molar-refractivity contribution is 9.10. The summed E-state index contributed by atoms with van der Waals surface area (Å²) in [5, 5.41) is 11.7. The summed E-state index contributed by atoms with van der Waals surface area (Å²) in [5.41, 5.74) is 7.61. The Balaban J connectivity index is 1.95. The SMILES string of the molecule is COc1ccc(-c2noc(-c3cc(N)cc(Br)c3)n2)nn1. The van der Waals surface area contributed by atoms with Crippen LogP contribution in [-0.2, 0) is 0 Å². The van der Waals surface area contributed by atoms with E-state index >= 15 is 0 Å². The van der Waals surface area contributed by atoms with Crippen molar-refractivity contribution >= 4 is 21.6 Å². The van der Waals surface area contributed by atoms with E-state index in [1.54, 1.807) is 24.3 Å². The number of hydrogen-bond acceptors (Lipinski definition) is 7. The molecule has 0 aliphatic carbocycles. The summed E-state index contributed by atoms with van der Waals surface area (Å²) in [6, 6.07) is 8.76. The predicted octanol–water partition coefficient (Wildman–Crippen LogP) is 2.55. The number of halogens is 1. The molecule has 0 fully saturated rings. The molecule has 1 aromatic carbocycles. The molecular weight excluding hydrogens is 338 g/mol. The van der Waals surface area contributed by atoms with Crippen LogP contribution in [0, 0.1) is 0 Å². The van der Waals surface area contributed by atoms with Crippen LogP contribution >= 0.6 is 15.9 Å². The van der Waals surface area contributed by atoms with Crippen LogP contribution in [0.2, 0.25) is 0 Å². The van der Waals surface area contributed by atoms with Crippen LogP contribution in [0.4, 0.5) is 5.69 Å². The number of anilines is 1. The van der Waals surface area contributed by atoms with Crippen LogP contribution in [0.3, 0.4) is 0 Å². The van der Waals surface area contributed by atoms with Crippen molar-refractivity contribution in [3.8, 4) is 28.9 Å². The first kappa shape index (κ1) is 13.5. The van der Waals surface area contributed by atoms with Gasteiger partial charge in [0.25, 0.3) is 5.89 Å². The molecule has 106 valence electrons. The first-order chi connectivity index (χ1) is 10.2. The highest BCUT2D eigenvalue weighted by Gasteiger charge is 2.13. The van der Waals surface area contributed by atoms with Crippen molar-refractivity contribution in [2.24, 2.45) is 0 Å². The molecule has 0 spiro atoms. The van der Waals surface area contributed by atoms with Crippen molar-refractivity contribution in [2.45, 2.75) is 0 Å². The van der Waals surface area contributed by atoms with Gasteiger partial charge in [-0.15, -0.1) is 10.2 Å². The Kier molecular flexibility index (Phi) is 3.53. The summed E-state index contributed by atoms with van der Waals surface area (Å²) in [7, 11) is 1.52. The molecule has 0 radical (unpaired) electrons. The highest BCUT2D eigenvalue weighted by atomic mass is 79.9. The second-order valence-corrected chi connectivity index (χ2v) is 5.07. The lowest BCUT2D eigenvalue weighted by atomic mass is 10.2. The summed E-state index contributed by atoms with van der Waals surface area (Å²) in [4.78, 5) is 4.29. The minimum atomic E-state index is 0.346. The van der Waals surface area contributed by atoms with Gasteiger partial charge in [-0.25, -0.2) is 0 Å². The molecule has 2 aromatic heterocycles. The monoisotopic (exact) mass is 347 g/mol. The van der Waals surface area contributed by atoms with E-state index in [0.29, 0.717) is 29.0 Å². The van der Waals surface area contributed by atoms with Gasteiger partial charge in [0.2, 0.25) is 11.7 Å². The number of aromatic nitrogens is 4. The number of rotatable bonds is 3. The van der Waals surface area contributed by atoms with E-state index < -0.39 is 0 Å². The Morgan fingerprint density at radius 2 is 2.05 bits per heavy atom. The van der Waals surface area contributed by atoms with Gasteiger partial charge in [0, 0.05) is 21.8 Å². The van der Waals surface area contributed by atoms with E-state index in [0.717, 1.165) is 10.0 Å². The quantitative estimate of drug-likeness (QED) is 0.726. The number of methoxy groups -OCH3 is 1. The maximum absolute atomic E-state index is 5.79. The van der Waals surface area contributed by atoms with Gasteiger partial charge in [-0.05, 0) is 24.3 Å². The lowest BCUT2D eigenvalue weighted by Gasteiger charge is -1.98. The van der Waals surface area contributed by atoms with E-state index in [4.69, 9.17) is 15.0 Å². The zero-order valence-corrected chi connectivity index (χ0v) is 12.5. The molecule has 2 N–H and O–H groups in total. The molecule has 8 heteroatoms. The molecule has 0 atom stereocenters. The average Bonchev–Trinajstić information content (AvgIpc) is 2.96. The molecule has 0 saturated heterocycles. The van der Waals surface area contributed by atoms with E-state index in [1.165, 1.54) is 7.11 Å². The Labute approximate surface area is 128 Å². The Morgan fingerprint density at radius 1 is 1.19 bits per heavy atom. The zero-order chi connectivity index (χ0) is 14.8. The molecule has 2 heterocycles. The molecular formula is C13H10BrN5O2. The van der Waals surface area contributed by atoms with E-state index in [1.807, 2.05) is 6.07 Å². The summed E-state index contributed by atoms with van der Waals surface area (Å²) >= 11 is 3.37. The molecule has 0 aliphatic heterocycles. The Bertz CT molecular complexity index is 752. The molecule has 0 unspecified atom stereocenters. The second-order valence-electron chi connectivity index (χ2n) is 4.16. The zero-order valence-electron chi connectivity index (χ0n) is 10.9. The van der Waals surface area contributed by atoms with Crippen molar-refractivity contribution < 1.29 is 9.26 Å². The molecule has 0 bridgehead atoms. The highest BCUT2D eigenvalue weighted by Crippen LogP contribution is 2.26. The Hall–Kier alpha value is -2.48. The number of nitrogens with two attached hydrogens (primary N) is 1. The number of nitrogens with zero attached hydrogens (tertiary/aromatic N) is 4. The van der Waals surface area contributed by atoms with Crippen molar-refractivity contribution in [1.82, 2.24) is 20.3 Å². The Morgan fingerprint density at radius 3 is 2.71 bits per heavy atom. The van der Waals surface area contributed by atoms with Crippen molar-refractivity contribution in [3.05, 3.63) is 34.8 Å². The molecule has 3 rings (SSSR count). The first-order valence-corrected chi connectivity index (χ1v) is 6.73. The van der Waals surface area contributed by atoms with Gasteiger partial charge in [-0.1, -0.05) is 21.1 Å². The third kappa shape index (κ3) is 2.84. The molecule has 0 aliphatic rings. The minimum absolute atomic E-state index is 0.346. The van der Waals surface area contributed by atoms with Crippen molar-refractivity contribution in [1.29, 1.82) is 0 Å². The summed E-state index contributed by atoms with van der Waals surface area (Å²) in [6.07, 6.45) is 0. The van der Waals surface area contributed by atoms with Gasteiger partial charge < -0.3 is 15.0 Å². The number of ether oxygens (including phenoxy) is 1. The van der Waals surface area contributed by atoms with Gasteiger partial charge >= 0.3 is 0 Å². The van der Waals surface area contributed by atoms with Crippen LogP contribution < -0.4 is 10.5 Å². The molecule has 3 aromatic rings. The summed E-state index contributed by atoms with van der Waals surface area (Å²) in [6.45, 7) is 0. The van der Waals surface area contributed by atoms with Crippen LogP contribution in [0.15, 0.2) is 39.3 Å². The normalized spacial score (nSPS) is 10.6. The minimum Gasteiger partial charge on any atom is -0.480 e. The first-order valence-electron chi connectivity index (χ1n) is 5.94. The van der Waals surface area contributed by atoms with Crippen LogP contribution in [0.25, 0.3) is 23.0 Å². The second kappa shape index (κ2) is 5.49. The third-order valence-corrected chi connectivity index (χ3v) is 3.13. The van der Waals surface area contributed by atoms with E-state index in [-0.39, 0.29) is 0 Å². The molecule has 21 heavy (non-hydrogen) atoms. The number of benzene rings is 1. The van der Waals surface area contributed by atoms with Crippen molar-refractivity contribution in [3.63, 3.8) is 0 Å². The smallest absolute Gasteiger partial charge is 0.258 e. The van der Waals surface area contributed by atoms with Crippen LogP contribution in [0.5, 0.6) is 5.88 Å². The lowest BCUT2D eigenvalue weighted by molar-refractivity contribution is 0.392. The fourth-order valence-electron chi connectivity index (χ4n) is 1.73. The maximum atomic E-state index is 5.79. The lowest BCUT2D eigenvalue weighted by Crippen LogP contribution is -1.93. The molecule has 7 nitrogen and oxygen atoms in total. The summed E-state index contributed by atoms with van der Waals surface area (Å²) in [5.74, 6) is 1.12. The molecule has 0 amide bonds. The topological polar surface area (TPSA) is 100.0 Å². The summed E-state index contributed by atoms with van der Waals surface area (Å²) < 4.78 is 11.0. The number of nitrogen functional groups attached to an aromatic ring is 1. The van der Waals surface area contributed by atoms with Gasteiger partial charge in [0.05, 0.1) is 7.11 Å². The van der Waals surface area contributed by atoms with Gasteiger partial charge in [-0.3, -0.25) is 0 Å². The standard InChI is InChI=1S/C13H10BrN5O2/c1-20-11-3-2-10(17-18-11)12-16-13(21-19-12)7-4-8(14)6-9(15)5-7/h2-6H,15H2,1H3. The van der Waals surface area contributed by atoms with Crippen LogP contribution in [0.1, 0.15) is 0 Å². The third-order valence-electron chi connectivity index (χ3n) is 2.67. The van der Waals surface area contributed by atoms with E-state index in [9.17, 15) is 0 Å². The predicted molar refractivity (Wildman–Crippen MR) is 79.4 cm³/mol. The van der Waals surface area contributed by atoms with Gasteiger partial charge in [-0.2, -0.15) is 4.98 Å². The van der Waals surface area contributed by atoms with Crippen molar-refractivity contribution in [2.75, 3.05) is 12.8 Å². The molecule has 0 saturated carbocycles.